The van der Waals surface area contributed by atoms with Crippen molar-refractivity contribution in [3.63, 3.8) is 0 Å². The minimum Gasteiger partial charge on any atom is -0.482 e. The Morgan fingerprint density at radius 2 is 1.93 bits per heavy atom. The molecule has 210 valence electrons. The summed E-state index contributed by atoms with van der Waals surface area (Å²) in [6.07, 6.45) is 3.66. The largest absolute Gasteiger partial charge is 0.482 e. The zero-order valence-electron chi connectivity index (χ0n) is 21.9. The fourth-order valence-electron chi connectivity index (χ4n) is 4.73. The summed E-state index contributed by atoms with van der Waals surface area (Å²) < 4.78 is 45.6. The number of nitrogens with zero attached hydrogens (tertiary/aromatic N) is 1. The van der Waals surface area contributed by atoms with Gasteiger partial charge in [-0.25, -0.2) is 13.6 Å². The van der Waals surface area contributed by atoms with E-state index in [0.29, 0.717) is 12.7 Å². The minimum absolute atomic E-state index is 0.000541. The number of amides is 1. The molecule has 11 heteroatoms. The van der Waals surface area contributed by atoms with Crippen molar-refractivity contribution < 1.29 is 32.6 Å². The number of methoxy groups -OCH3 is 1. The van der Waals surface area contributed by atoms with Crippen molar-refractivity contribution in [2.24, 2.45) is 0 Å². The highest BCUT2D eigenvalue weighted by Crippen LogP contribution is 2.41. The third-order valence-electron chi connectivity index (χ3n) is 7.12. The number of ether oxygens (including phenoxy) is 3. The number of benzene rings is 2. The molecule has 2 aromatic carbocycles. The van der Waals surface area contributed by atoms with E-state index in [1.54, 1.807) is 24.3 Å². The van der Waals surface area contributed by atoms with E-state index < -0.39 is 35.2 Å². The Kier molecular flexibility index (Phi) is 7.95. The summed E-state index contributed by atoms with van der Waals surface area (Å²) >= 11 is 0. The molecule has 3 aromatic rings. The zero-order chi connectivity index (χ0) is 28.3. The molecular weight excluding hydrogens is 524 g/mol. The maximum Gasteiger partial charge on any atom is 0.358 e. The number of carbonyl (C=O) groups excluding carboxylic acids is 2. The predicted molar refractivity (Wildman–Crippen MR) is 140 cm³/mol. The van der Waals surface area contributed by atoms with Crippen molar-refractivity contribution >= 4 is 11.9 Å². The molecule has 5 rings (SSSR count). The van der Waals surface area contributed by atoms with E-state index in [9.17, 15) is 23.2 Å². The summed E-state index contributed by atoms with van der Waals surface area (Å²) in [6.45, 7) is 0.271. The van der Waals surface area contributed by atoms with E-state index in [1.807, 2.05) is 6.07 Å². The number of esters is 1. The van der Waals surface area contributed by atoms with Crippen LogP contribution < -0.4 is 20.8 Å². The van der Waals surface area contributed by atoms with Crippen molar-refractivity contribution in [1.29, 1.82) is 0 Å². The Hall–Kier alpha value is -4.09. The van der Waals surface area contributed by atoms with E-state index in [0.717, 1.165) is 30.9 Å². The van der Waals surface area contributed by atoms with Gasteiger partial charge in [-0.15, -0.1) is 0 Å². The molecule has 1 saturated carbocycles. The van der Waals surface area contributed by atoms with Crippen LogP contribution in [0, 0.1) is 11.6 Å². The van der Waals surface area contributed by atoms with Gasteiger partial charge >= 0.3 is 5.97 Å². The molecule has 0 bridgehead atoms. The van der Waals surface area contributed by atoms with Crippen molar-refractivity contribution in [1.82, 2.24) is 15.2 Å². The number of hydrogen-bond acceptors (Lipinski definition) is 7. The van der Waals surface area contributed by atoms with Crippen LogP contribution in [0.1, 0.15) is 51.2 Å². The first-order valence-electron chi connectivity index (χ1n) is 12.9. The number of pyridine rings is 1. The molecule has 2 aliphatic rings. The number of nitrogens with one attached hydrogen (secondary N) is 2. The maximum absolute atomic E-state index is 14.1. The molecule has 40 heavy (non-hydrogen) atoms. The van der Waals surface area contributed by atoms with Gasteiger partial charge in [-0.2, -0.15) is 0 Å². The lowest BCUT2D eigenvalue weighted by Gasteiger charge is -2.32. The first kappa shape index (κ1) is 27.5. The topological polar surface area (TPSA) is 108 Å². The average Bonchev–Trinajstić information content (AvgIpc) is 3.70. The summed E-state index contributed by atoms with van der Waals surface area (Å²) in [5, 5.41) is 5.95. The van der Waals surface area contributed by atoms with Gasteiger partial charge in [0.25, 0.3) is 5.91 Å². The second-order valence-corrected chi connectivity index (χ2v) is 9.92. The second kappa shape index (κ2) is 11.6. The highest BCUT2D eigenvalue weighted by Gasteiger charge is 2.46. The SMILES string of the molecule is COC(=O)c1c(OCc2ccccc2)c(=O)c(C(=O)NCc2ccc(F)cc2F)cn1C[C@H]1NC2(CCO1)CC2. The van der Waals surface area contributed by atoms with Crippen molar-refractivity contribution in [3.05, 3.63) is 99.0 Å². The van der Waals surface area contributed by atoms with E-state index in [1.165, 1.54) is 23.9 Å². The molecule has 1 saturated heterocycles. The summed E-state index contributed by atoms with van der Waals surface area (Å²) in [6, 6.07) is 12.0. The Bertz CT molecular complexity index is 1470. The molecule has 9 nitrogen and oxygen atoms in total. The van der Waals surface area contributed by atoms with Gasteiger partial charge in [-0.1, -0.05) is 36.4 Å². The van der Waals surface area contributed by atoms with Gasteiger partial charge in [-0.3, -0.25) is 14.9 Å². The number of halogens is 2. The van der Waals surface area contributed by atoms with Crippen LogP contribution in [0.4, 0.5) is 8.78 Å². The van der Waals surface area contributed by atoms with E-state index in [2.05, 4.69) is 10.6 Å². The van der Waals surface area contributed by atoms with Crippen LogP contribution >= 0.6 is 0 Å². The van der Waals surface area contributed by atoms with E-state index in [-0.39, 0.29) is 47.8 Å². The van der Waals surface area contributed by atoms with Crippen LogP contribution in [0.5, 0.6) is 5.75 Å². The molecule has 1 atom stereocenters. The van der Waals surface area contributed by atoms with Crippen molar-refractivity contribution in [2.45, 2.75) is 50.7 Å². The van der Waals surface area contributed by atoms with Gasteiger partial charge < -0.3 is 24.1 Å². The van der Waals surface area contributed by atoms with Gasteiger partial charge in [0.1, 0.15) is 30.0 Å². The third kappa shape index (κ3) is 6.05. The Morgan fingerprint density at radius 3 is 2.62 bits per heavy atom. The fourth-order valence-corrected chi connectivity index (χ4v) is 4.73. The highest BCUT2D eigenvalue weighted by molar-refractivity contribution is 5.96. The summed E-state index contributed by atoms with van der Waals surface area (Å²) in [4.78, 5) is 39.7. The van der Waals surface area contributed by atoms with Crippen LogP contribution in [0.15, 0.2) is 59.5 Å². The Balaban J connectivity index is 1.50. The quantitative estimate of drug-likeness (QED) is 0.392. The number of hydrogen-bond donors (Lipinski definition) is 2. The summed E-state index contributed by atoms with van der Waals surface area (Å²) in [5.74, 6) is -3.58. The van der Waals surface area contributed by atoms with Gasteiger partial charge in [0.05, 0.1) is 20.3 Å². The van der Waals surface area contributed by atoms with Gasteiger partial charge in [0, 0.05) is 29.9 Å². The summed E-state index contributed by atoms with van der Waals surface area (Å²) in [7, 11) is 1.19. The number of carbonyl (C=O) groups is 2. The first-order chi connectivity index (χ1) is 19.3. The lowest BCUT2D eigenvalue weighted by atomic mass is 10.1. The molecule has 0 unspecified atom stereocenters. The van der Waals surface area contributed by atoms with Gasteiger partial charge in [0.2, 0.25) is 5.43 Å². The fraction of sp³-hybridized carbons (Fsp3) is 0.345. The number of rotatable bonds is 9. The van der Waals surface area contributed by atoms with Crippen LogP contribution in [0.2, 0.25) is 0 Å². The van der Waals surface area contributed by atoms with E-state index >= 15 is 0 Å². The molecule has 1 aliphatic heterocycles. The molecule has 2 N–H and O–H groups in total. The molecule has 0 radical (unpaired) electrons. The van der Waals surface area contributed by atoms with Gasteiger partial charge in [-0.05, 0) is 30.9 Å². The normalized spacial score (nSPS) is 17.3. The molecule has 2 fully saturated rings. The van der Waals surface area contributed by atoms with Crippen LogP contribution in [-0.4, -0.2) is 41.9 Å². The maximum atomic E-state index is 14.1. The van der Waals surface area contributed by atoms with Crippen LogP contribution in [0.25, 0.3) is 0 Å². The van der Waals surface area contributed by atoms with Crippen molar-refractivity contribution in [2.75, 3.05) is 13.7 Å². The average molecular weight is 554 g/mol. The minimum atomic E-state index is -0.833. The Labute approximate surface area is 229 Å². The first-order valence-corrected chi connectivity index (χ1v) is 12.9. The Morgan fingerprint density at radius 1 is 1.15 bits per heavy atom. The smallest absolute Gasteiger partial charge is 0.358 e. The molecule has 1 aromatic heterocycles. The second-order valence-electron chi connectivity index (χ2n) is 9.92. The molecule has 2 heterocycles. The molecular formula is C29H29F2N3O6. The zero-order valence-corrected chi connectivity index (χ0v) is 21.9. The van der Waals surface area contributed by atoms with Gasteiger partial charge in [0.15, 0.2) is 11.4 Å². The molecule has 1 spiro atoms. The van der Waals surface area contributed by atoms with Crippen molar-refractivity contribution in [3.8, 4) is 5.75 Å². The molecule has 1 amide bonds. The van der Waals surface area contributed by atoms with Crippen LogP contribution in [0.3, 0.4) is 0 Å². The lowest BCUT2D eigenvalue weighted by molar-refractivity contribution is -0.0335. The monoisotopic (exact) mass is 553 g/mol. The standard InChI is InChI=1S/C29H29F2N3O6/c1-38-28(37)24-26(40-17-18-5-3-2-4-6-18)25(35)21(27(36)32-14-19-7-8-20(30)13-22(19)31)15-34(24)16-23-33-29(9-10-29)11-12-39-23/h2-8,13,15,23,33H,9-12,14,16-17H2,1H3,(H,32,36)/t23-/m0/s1. The third-order valence-corrected chi connectivity index (χ3v) is 7.12. The predicted octanol–water partition coefficient (Wildman–Crippen LogP) is 3.29. The number of aromatic nitrogens is 1. The van der Waals surface area contributed by atoms with E-state index in [4.69, 9.17) is 14.2 Å². The van der Waals surface area contributed by atoms with Crippen LogP contribution in [-0.2, 0) is 29.2 Å². The lowest BCUT2D eigenvalue weighted by Crippen LogP contribution is -2.49. The highest BCUT2D eigenvalue weighted by atomic mass is 19.1. The summed E-state index contributed by atoms with van der Waals surface area (Å²) in [5.41, 5.74) is -0.545. The molecule has 1 aliphatic carbocycles.